The van der Waals surface area contributed by atoms with E-state index < -0.39 is 56.2 Å². The SMILES string of the molecule is C=C1N=C(N)C=CN1[C@@H]1O[C@](F)(COP(=O)(NC(C)C(=O)OC(C)C)Oc2ccccc2)[C@@H](O)[C@@]1(C)N. The lowest BCUT2D eigenvalue weighted by Gasteiger charge is -2.36. The van der Waals surface area contributed by atoms with E-state index in [4.69, 9.17) is 30.0 Å². The monoisotopic (exact) mass is 541 g/mol. The van der Waals surface area contributed by atoms with Crippen molar-refractivity contribution < 1.29 is 37.4 Å². The summed E-state index contributed by atoms with van der Waals surface area (Å²) in [5.74, 6) is -3.27. The number of ether oxygens (including phenoxy) is 2. The number of nitrogens with two attached hydrogens (primary N) is 2. The van der Waals surface area contributed by atoms with E-state index in [9.17, 15) is 14.5 Å². The fraction of sp³-hybridized carbons (Fsp3) is 0.478. The maximum Gasteiger partial charge on any atom is 0.459 e. The molecule has 0 spiro atoms. The number of halogens is 1. The third-order valence-electron chi connectivity index (χ3n) is 5.51. The number of carbonyl (C=O) groups excluding carboxylic acids is 1. The third-order valence-corrected chi connectivity index (χ3v) is 7.13. The number of carbonyl (C=O) groups is 1. The highest BCUT2D eigenvalue weighted by Gasteiger charge is 2.63. The molecule has 2 heterocycles. The molecule has 1 fully saturated rings. The Balaban J connectivity index is 1.82. The van der Waals surface area contributed by atoms with Gasteiger partial charge in [-0.2, -0.15) is 5.09 Å². The van der Waals surface area contributed by atoms with Gasteiger partial charge in [-0.3, -0.25) is 9.32 Å². The van der Waals surface area contributed by atoms with Crippen molar-refractivity contribution in [3.63, 3.8) is 0 Å². The molecule has 12 nitrogen and oxygen atoms in total. The van der Waals surface area contributed by atoms with Crippen LogP contribution in [-0.4, -0.2) is 64.3 Å². The zero-order chi connectivity index (χ0) is 27.6. The van der Waals surface area contributed by atoms with Crippen LogP contribution in [0.1, 0.15) is 27.7 Å². The van der Waals surface area contributed by atoms with Crippen LogP contribution in [0.5, 0.6) is 5.75 Å². The second-order valence-corrected chi connectivity index (χ2v) is 10.9. The number of aliphatic hydroxyl groups excluding tert-OH is 1. The van der Waals surface area contributed by atoms with Gasteiger partial charge in [-0.25, -0.2) is 13.9 Å². The minimum Gasteiger partial charge on any atom is -0.462 e. The predicted octanol–water partition coefficient (Wildman–Crippen LogP) is 1.88. The Morgan fingerprint density at radius 2 is 2.03 bits per heavy atom. The van der Waals surface area contributed by atoms with E-state index >= 15 is 4.39 Å². The highest BCUT2D eigenvalue weighted by atomic mass is 31.2. The second kappa shape index (κ2) is 10.9. The first-order valence-corrected chi connectivity index (χ1v) is 13.0. The number of nitrogens with zero attached hydrogens (tertiary/aromatic N) is 2. The number of amidine groups is 1. The number of hydrogen-bond acceptors (Lipinski definition) is 11. The van der Waals surface area contributed by atoms with Crippen LogP contribution in [0.4, 0.5) is 4.39 Å². The zero-order valence-electron chi connectivity index (χ0n) is 21.0. The van der Waals surface area contributed by atoms with E-state index in [1.807, 2.05) is 0 Å². The third kappa shape index (κ3) is 6.56. The average molecular weight is 542 g/mol. The standard InChI is InChI=1S/C23H33FN5O7P/c1-14(2)34-19(30)15(3)28-37(32,36-17-9-7-6-8-10-17)33-13-23(24)20(31)22(5,26)21(35-23)29-12-11-18(25)27-16(29)4/h6-12,14-15,20-21,31H,4,13,26H2,1-3,5H3,(H2,25,27)(H,28,32)/t15?,20-,21+,22+,23+,37?/m0/s1. The number of para-hydroxylation sites is 1. The van der Waals surface area contributed by atoms with Crippen LogP contribution < -0.4 is 21.1 Å². The lowest BCUT2D eigenvalue weighted by Crippen LogP contribution is -2.59. The first kappa shape index (κ1) is 28.8. The Morgan fingerprint density at radius 1 is 1.38 bits per heavy atom. The van der Waals surface area contributed by atoms with Crippen molar-refractivity contribution in [3.05, 3.63) is 55.0 Å². The van der Waals surface area contributed by atoms with Gasteiger partial charge in [-0.05, 0) is 45.9 Å². The van der Waals surface area contributed by atoms with Gasteiger partial charge in [0.05, 0.1) is 11.6 Å². The Kier molecular flexibility index (Phi) is 8.47. The highest BCUT2D eigenvalue weighted by Crippen LogP contribution is 2.49. The smallest absolute Gasteiger partial charge is 0.459 e. The maximum atomic E-state index is 16.0. The fourth-order valence-corrected chi connectivity index (χ4v) is 5.16. The lowest BCUT2D eigenvalue weighted by molar-refractivity contribution is -0.206. The minimum absolute atomic E-state index is 0.108. The molecule has 14 heteroatoms. The summed E-state index contributed by atoms with van der Waals surface area (Å²) in [6.45, 7) is 8.73. The van der Waals surface area contributed by atoms with Gasteiger partial charge in [-0.15, -0.1) is 0 Å². The van der Waals surface area contributed by atoms with Gasteiger partial charge >= 0.3 is 13.7 Å². The van der Waals surface area contributed by atoms with Gasteiger partial charge in [0.2, 0.25) is 0 Å². The molecule has 2 unspecified atom stereocenters. The quantitative estimate of drug-likeness (QED) is 0.252. The van der Waals surface area contributed by atoms with Crippen molar-refractivity contribution in [2.75, 3.05) is 6.61 Å². The van der Waals surface area contributed by atoms with Gasteiger partial charge in [-0.1, -0.05) is 24.8 Å². The molecule has 3 rings (SSSR count). The Hall–Kier alpha value is -2.80. The van der Waals surface area contributed by atoms with Gasteiger partial charge in [0.1, 0.15) is 36.2 Å². The highest BCUT2D eigenvalue weighted by molar-refractivity contribution is 7.52. The molecule has 0 amide bonds. The number of rotatable bonds is 10. The normalized spacial score (nSPS) is 30.1. The lowest BCUT2D eigenvalue weighted by atomic mass is 9.92. The minimum atomic E-state index is -4.44. The molecule has 0 bridgehead atoms. The van der Waals surface area contributed by atoms with Crippen molar-refractivity contribution >= 4 is 19.6 Å². The number of alkyl halides is 1. The first-order valence-electron chi connectivity index (χ1n) is 11.5. The topological polar surface area (TPSA) is 171 Å². The van der Waals surface area contributed by atoms with Crippen LogP contribution in [0.25, 0.3) is 0 Å². The Labute approximate surface area is 214 Å². The van der Waals surface area contributed by atoms with Gasteiger partial charge < -0.3 is 35.5 Å². The van der Waals surface area contributed by atoms with E-state index in [1.165, 1.54) is 43.2 Å². The number of benzene rings is 1. The number of esters is 1. The summed E-state index contributed by atoms with van der Waals surface area (Å²) >= 11 is 0. The molecular formula is C23H33FN5O7P. The van der Waals surface area contributed by atoms with Crippen molar-refractivity contribution in [1.82, 2.24) is 9.99 Å². The fourth-order valence-electron chi connectivity index (χ4n) is 3.65. The summed E-state index contributed by atoms with van der Waals surface area (Å²) in [4.78, 5) is 17.6. The number of hydrogen-bond donors (Lipinski definition) is 4. The largest absolute Gasteiger partial charge is 0.462 e. The summed E-state index contributed by atoms with van der Waals surface area (Å²) in [5.41, 5.74) is 10.2. The van der Waals surface area contributed by atoms with E-state index in [-0.39, 0.29) is 17.4 Å². The molecule has 1 aromatic rings. The van der Waals surface area contributed by atoms with E-state index in [0.717, 1.165) is 0 Å². The molecule has 0 aromatic heterocycles. The summed E-state index contributed by atoms with van der Waals surface area (Å²) in [5, 5.41) is 13.2. The van der Waals surface area contributed by atoms with E-state index in [1.54, 1.807) is 32.0 Å². The summed E-state index contributed by atoms with van der Waals surface area (Å²) < 4.78 is 51.2. The van der Waals surface area contributed by atoms with Crippen LogP contribution >= 0.6 is 7.75 Å². The molecule has 6 N–H and O–H groups in total. The average Bonchev–Trinajstić information content (AvgIpc) is 2.98. The van der Waals surface area contributed by atoms with Gasteiger partial charge in [0.25, 0.3) is 5.85 Å². The molecule has 1 saturated heterocycles. The zero-order valence-corrected chi connectivity index (χ0v) is 21.9. The van der Waals surface area contributed by atoms with Crippen LogP contribution in [0, 0.1) is 0 Å². The molecule has 0 aliphatic carbocycles. The molecule has 2 aliphatic heterocycles. The summed E-state index contributed by atoms with van der Waals surface area (Å²) in [6.07, 6.45) is -0.784. The van der Waals surface area contributed by atoms with Crippen molar-refractivity contribution in [2.24, 2.45) is 16.5 Å². The maximum absolute atomic E-state index is 16.0. The van der Waals surface area contributed by atoms with Crippen LogP contribution in [0.2, 0.25) is 0 Å². The van der Waals surface area contributed by atoms with Crippen molar-refractivity contribution in [3.8, 4) is 5.75 Å². The first-order chi connectivity index (χ1) is 17.2. The molecule has 6 atom stereocenters. The molecular weight excluding hydrogens is 508 g/mol. The molecule has 0 radical (unpaired) electrons. The molecule has 204 valence electrons. The van der Waals surface area contributed by atoms with E-state index in [2.05, 4.69) is 16.7 Å². The van der Waals surface area contributed by atoms with Crippen molar-refractivity contribution in [2.45, 2.75) is 63.6 Å². The molecule has 1 aromatic carbocycles. The molecule has 0 saturated carbocycles. The summed E-state index contributed by atoms with van der Waals surface area (Å²) in [7, 11) is -4.44. The van der Waals surface area contributed by atoms with Gasteiger partial charge in [0.15, 0.2) is 6.23 Å². The van der Waals surface area contributed by atoms with Crippen LogP contribution in [0.3, 0.4) is 0 Å². The molecule has 37 heavy (non-hydrogen) atoms. The molecule has 2 aliphatic rings. The van der Waals surface area contributed by atoms with E-state index in [0.29, 0.717) is 0 Å². The Morgan fingerprint density at radius 3 is 2.62 bits per heavy atom. The van der Waals surface area contributed by atoms with Crippen LogP contribution in [-0.2, 0) is 23.4 Å². The van der Waals surface area contributed by atoms with Crippen LogP contribution in [0.15, 0.2) is 60.0 Å². The summed E-state index contributed by atoms with van der Waals surface area (Å²) in [6, 6.07) is 6.78. The second-order valence-electron chi connectivity index (χ2n) is 9.21. The number of aliphatic hydroxyl groups is 1. The predicted molar refractivity (Wildman–Crippen MR) is 134 cm³/mol. The Bertz CT molecular complexity index is 1120. The van der Waals surface area contributed by atoms with Crippen molar-refractivity contribution in [1.29, 1.82) is 0 Å². The van der Waals surface area contributed by atoms with Gasteiger partial charge in [0, 0.05) is 6.20 Å². The number of nitrogens with one attached hydrogen (secondary N) is 1. The number of aliphatic imine (C=N–C) groups is 1.